The molecule has 0 aliphatic heterocycles. The van der Waals surface area contributed by atoms with Gasteiger partial charge in [0.1, 0.15) is 12.4 Å². The molecule has 0 amide bonds. The van der Waals surface area contributed by atoms with Crippen LogP contribution >= 0.6 is 0 Å². The second-order valence-electron chi connectivity index (χ2n) is 3.75. The highest BCUT2D eigenvalue weighted by Gasteiger charge is 2.00. The van der Waals surface area contributed by atoms with Gasteiger partial charge in [0.15, 0.2) is 0 Å². The lowest BCUT2D eigenvalue weighted by molar-refractivity contribution is 0.325. The van der Waals surface area contributed by atoms with Gasteiger partial charge in [0, 0.05) is 0 Å². The Bertz CT molecular complexity index is 372. The summed E-state index contributed by atoms with van der Waals surface area (Å²) in [4.78, 5) is 0. The van der Waals surface area contributed by atoms with Crippen LogP contribution in [0, 0.1) is 0 Å². The highest BCUT2D eigenvalue weighted by atomic mass is 16.5. The fourth-order valence-electron chi connectivity index (χ4n) is 1.29. The fourth-order valence-corrected chi connectivity index (χ4v) is 1.29. The van der Waals surface area contributed by atoms with Gasteiger partial charge in [-0.15, -0.1) is 0 Å². The van der Waals surface area contributed by atoms with Crippen LogP contribution in [-0.4, -0.2) is 18.3 Å². The summed E-state index contributed by atoms with van der Waals surface area (Å²) in [5.74, 6) is 0.694. The Kier molecular flexibility index (Phi) is 4.86. The van der Waals surface area contributed by atoms with Crippen molar-refractivity contribution in [3.63, 3.8) is 0 Å². The Morgan fingerprint density at radius 1 is 1.50 bits per heavy atom. The van der Waals surface area contributed by atoms with E-state index in [1.165, 1.54) is 5.56 Å². The molecule has 0 unspecified atom stereocenters. The smallest absolute Gasteiger partial charge is 0.142 e. The summed E-state index contributed by atoms with van der Waals surface area (Å²) in [6.07, 6.45) is 2.81. The Labute approximate surface area is 96.5 Å². The van der Waals surface area contributed by atoms with Crippen molar-refractivity contribution < 1.29 is 9.84 Å². The molecule has 3 nitrogen and oxygen atoms in total. The summed E-state index contributed by atoms with van der Waals surface area (Å²) in [5.41, 5.74) is 8.61. The first-order valence-corrected chi connectivity index (χ1v) is 5.45. The van der Waals surface area contributed by atoms with E-state index in [1.807, 2.05) is 31.2 Å². The average Bonchev–Trinajstić information content (AvgIpc) is 2.30. The van der Waals surface area contributed by atoms with Crippen molar-refractivity contribution in [3.8, 4) is 5.75 Å². The molecule has 0 aliphatic rings. The van der Waals surface area contributed by atoms with Crippen LogP contribution in [0.25, 0.3) is 0 Å². The van der Waals surface area contributed by atoms with E-state index in [0.717, 1.165) is 12.0 Å². The van der Waals surface area contributed by atoms with Crippen molar-refractivity contribution in [2.75, 3.05) is 18.9 Å². The molecule has 1 aromatic carbocycles. The number of nitrogens with two attached hydrogens (primary N) is 1. The molecule has 0 heterocycles. The molecule has 0 aliphatic carbocycles. The molecule has 88 valence electrons. The molecule has 0 fully saturated rings. The van der Waals surface area contributed by atoms with E-state index < -0.39 is 0 Å². The van der Waals surface area contributed by atoms with E-state index in [4.69, 9.17) is 15.6 Å². The van der Waals surface area contributed by atoms with E-state index in [9.17, 15) is 0 Å². The zero-order valence-electron chi connectivity index (χ0n) is 9.86. The second-order valence-corrected chi connectivity index (χ2v) is 3.75. The number of hydrogen-bond donors (Lipinski definition) is 2. The van der Waals surface area contributed by atoms with Gasteiger partial charge in [-0.3, -0.25) is 0 Å². The predicted molar refractivity (Wildman–Crippen MR) is 66.6 cm³/mol. The molecule has 0 radical (unpaired) electrons. The van der Waals surface area contributed by atoms with Gasteiger partial charge in [-0.2, -0.15) is 0 Å². The zero-order valence-corrected chi connectivity index (χ0v) is 9.86. The molecule has 16 heavy (non-hydrogen) atoms. The van der Waals surface area contributed by atoms with Crippen LogP contribution in [-0.2, 0) is 6.42 Å². The van der Waals surface area contributed by atoms with Gasteiger partial charge >= 0.3 is 0 Å². The SMILES string of the molecule is CCc1ccc(OC/C=C(\C)CO)c(N)c1. The normalized spacial score (nSPS) is 11.6. The lowest BCUT2D eigenvalue weighted by Crippen LogP contribution is -2.00. The molecule has 0 saturated heterocycles. The Morgan fingerprint density at radius 3 is 2.81 bits per heavy atom. The monoisotopic (exact) mass is 221 g/mol. The van der Waals surface area contributed by atoms with Crippen LogP contribution in [0.3, 0.4) is 0 Å². The maximum absolute atomic E-state index is 8.81. The lowest BCUT2D eigenvalue weighted by Gasteiger charge is -2.08. The molecule has 1 aromatic rings. The third-order valence-corrected chi connectivity index (χ3v) is 2.40. The minimum absolute atomic E-state index is 0.0631. The number of anilines is 1. The maximum Gasteiger partial charge on any atom is 0.142 e. The molecule has 0 saturated carbocycles. The summed E-state index contributed by atoms with van der Waals surface area (Å²) in [6, 6.07) is 5.82. The van der Waals surface area contributed by atoms with Gasteiger partial charge in [-0.25, -0.2) is 0 Å². The molecule has 0 bridgehead atoms. The molecule has 0 aromatic heterocycles. The number of benzene rings is 1. The largest absolute Gasteiger partial charge is 0.487 e. The second kappa shape index (κ2) is 6.18. The van der Waals surface area contributed by atoms with Gasteiger partial charge in [0.05, 0.1) is 12.3 Å². The third-order valence-electron chi connectivity index (χ3n) is 2.40. The van der Waals surface area contributed by atoms with Crippen molar-refractivity contribution in [2.24, 2.45) is 0 Å². The van der Waals surface area contributed by atoms with Gasteiger partial charge in [0.2, 0.25) is 0 Å². The van der Waals surface area contributed by atoms with Gasteiger partial charge in [-0.05, 0) is 42.7 Å². The molecule has 1 rings (SSSR count). The number of rotatable bonds is 5. The number of aliphatic hydroxyl groups excluding tert-OH is 1. The number of hydrogen-bond acceptors (Lipinski definition) is 3. The van der Waals surface area contributed by atoms with Crippen LogP contribution in [0.2, 0.25) is 0 Å². The summed E-state index contributed by atoms with van der Waals surface area (Å²) >= 11 is 0. The Hall–Kier alpha value is -1.48. The summed E-state index contributed by atoms with van der Waals surface area (Å²) < 4.78 is 5.50. The van der Waals surface area contributed by atoms with E-state index in [0.29, 0.717) is 18.0 Å². The van der Waals surface area contributed by atoms with Crippen LogP contribution in [0.5, 0.6) is 5.75 Å². The zero-order chi connectivity index (χ0) is 12.0. The summed E-state index contributed by atoms with van der Waals surface area (Å²) in [7, 11) is 0. The highest BCUT2D eigenvalue weighted by molar-refractivity contribution is 5.54. The van der Waals surface area contributed by atoms with Crippen molar-refractivity contribution in [1.29, 1.82) is 0 Å². The fraction of sp³-hybridized carbons (Fsp3) is 0.385. The first-order valence-electron chi connectivity index (χ1n) is 5.45. The van der Waals surface area contributed by atoms with Gasteiger partial charge in [-0.1, -0.05) is 13.0 Å². The predicted octanol–water partition coefficient (Wildman–Crippen LogP) is 2.15. The standard InChI is InChI=1S/C13H19NO2/c1-3-11-4-5-13(12(14)8-11)16-7-6-10(2)9-15/h4-6,8,15H,3,7,9,14H2,1-2H3/b10-6+. The highest BCUT2D eigenvalue weighted by Crippen LogP contribution is 2.22. The van der Waals surface area contributed by atoms with Gasteiger partial charge < -0.3 is 15.6 Å². The molecular weight excluding hydrogens is 202 g/mol. The van der Waals surface area contributed by atoms with Crippen molar-refractivity contribution >= 4 is 5.69 Å². The number of aryl methyl sites for hydroxylation is 1. The van der Waals surface area contributed by atoms with Crippen LogP contribution < -0.4 is 10.5 Å². The number of ether oxygens (including phenoxy) is 1. The minimum atomic E-state index is 0.0631. The summed E-state index contributed by atoms with van der Waals surface area (Å²) in [5, 5.41) is 8.81. The molecule has 3 N–H and O–H groups in total. The van der Waals surface area contributed by atoms with Crippen LogP contribution in [0.1, 0.15) is 19.4 Å². The quantitative estimate of drug-likeness (QED) is 0.591. The average molecular weight is 221 g/mol. The van der Waals surface area contributed by atoms with E-state index in [-0.39, 0.29) is 6.61 Å². The van der Waals surface area contributed by atoms with Gasteiger partial charge in [0.25, 0.3) is 0 Å². The molecular formula is C13H19NO2. The van der Waals surface area contributed by atoms with Crippen molar-refractivity contribution in [2.45, 2.75) is 20.3 Å². The van der Waals surface area contributed by atoms with Crippen LogP contribution in [0.4, 0.5) is 5.69 Å². The first kappa shape index (κ1) is 12.6. The lowest BCUT2D eigenvalue weighted by atomic mass is 10.1. The Balaban J connectivity index is 2.61. The van der Waals surface area contributed by atoms with E-state index in [2.05, 4.69) is 6.92 Å². The van der Waals surface area contributed by atoms with Crippen molar-refractivity contribution in [3.05, 3.63) is 35.4 Å². The molecule has 0 atom stereocenters. The van der Waals surface area contributed by atoms with Crippen LogP contribution in [0.15, 0.2) is 29.8 Å². The minimum Gasteiger partial charge on any atom is -0.487 e. The summed E-state index contributed by atoms with van der Waals surface area (Å²) in [6.45, 7) is 4.44. The topological polar surface area (TPSA) is 55.5 Å². The van der Waals surface area contributed by atoms with E-state index in [1.54, 1.807) is 0 Å². The van der Waals surface area contributed by atoms with Crippen molar-refractivity contribution in [1.82, 2.24) is 0 Å². The van der Waals surface area contributed by atoms with E-state index >= 15 is 0 Å². The number of aliphatic hydroxyl groups is 1. The third kappa shape index (κ3) is 3.59. The first-order chi connectivity index (χ1) is 7.67. The number of nitrogen functional groups attached to an aromatic ring is 1. The molecule has 0 spiro atoms. The maximum atomic E-state index is 8.81. The molecule has 3 heteroatoms. The Morgan fingerprint density at radius 2 is 2.25 bits per heavy atom.